The van der Waals surface area contributed by atoms with Crippen molar-refractivity contribution in [1.29, 1.82) is 0 Å². The van der Waals surface area contributed by atoms with E-state index in [4.69, 9.17) is 0 Å². The average molecular weight is 333 g/mol. The maximum Gasteiger partial charge on any atom is 0.0702 e. The van der Waals surface area contributed by atoms with E-state index in [0.29, 0.717) is 0 Å². The number of halogens is 1. The van der Waals surface area contributed by atoms with Gasteiger partial charge in [0.15, 0.2) is 0 Å². The van der Waals surface area contributed by atoms with Gasteiger partial charge in [0, 0.05) is 22.7 Å². The lowest BCUT2D eigenvalue weighted by molar-refractivity contribution is 0.709. The number of aromatic nitrogens is 1. The third-order valence-electron chi connectivity index (χ3n) is 3.20. The van der Waals surface area contributed by atoms with Gasteiger partial charge in [-0.1, -0.05) is 18.2 Å². The number of benzene rings is 1. The second-order valence-corrected chi connectivity index (χ2v) is 6.80. The monoisotopic (exact) mass is 332 g/mol. The van der Waals surface area contributed by atoms with Gasteiger partial charge in [-0.2, -0.15) is 0 Å². The fourth-order valence-electron chi connectivity index (χ4n) is 2.32. The smallest absolute Gasteiger partial charge is 0.0702 e. The second kappa shape index (κ2) is 5.41. The summed E-state index contributed by atoms with van der Waals surface area (Å²) in [4.78, 5) is 5.55. The lowest BCUT2D eigenvalue weighted by Crippen LogP contribution is -2.16. The highest BCUT2D eigenvalue weighted by atomic mass is 79.9. The van der Waals surface area contributed by atoms with Gasteiger partial charge in [0.1, 0.15) is 0 Å². The molecule has 0 amide bonds. The predicted molar refractivity (Wildman–Crippen MR) is 84.7 cm³/mol. The molecule has 1 atom stereocenters. The molecule has 1 N–H and O–H groups in total. The van der Waals surface area contributed by atoms with Crippen molar-refractivity contribution in [3.8, 4) is 0 Å². The van der Waals surface area contributed by atoms with Crippen LogP contribution in [0.25, 0.3) is 10.8 Å². The Morgan fingerprint density at radius 1 is 1.21 bits per heavy atom. The normalized spacial score (nSPS) is 12.7. The lowest BCUT2D eigenvalue weighted by atomic mass is 9.99. The zero-order chi connectivity index (χ0) is 13.2. The summed E-state index contributed by atoms with van der Waals surface area (Å²) in [6.45, 7) is 0. The Morgan fingerprint density at radius 2 is 2.11 bits per heavy atom. The summed E-state index contributed by atoms with van der Waals surface area (Å²) in [5, 5.41) is 5.83. The number of thiophene rings is 1. The summed E-state index contributed by atoms with van der Waals surface area (Å²) in [6, 6.07) is 12.9. The zero-order valence-corrected chi connectivity index (χ0v) is 12.8. The van der Waals surface area contributed by atoms with Crippen LogP contribution >= 0.6 is 27.3 Å². The Labute approximate surface area is 124 Å². The van der Waals surface area contributed by atoms with Gasteiger partial charge in [-0.3, -0.25) is 4.98 Å². The maximum atomic E-state index is 4.26. The van der Waals surface area contributed by atoms with Crippen molar-refractivity contribution in [1.82, 2.24) is 10.3 Å². The summed E-state index contributed by atoms with van der Waals surface area (Å²) in [5.41, 5.74) is 1.27. The topological polar surface area (TPSA) is 24.9 Å². The number of pyridine rings is 1. The van der Waals surface area contributed by atoms with Gasteiger partial charge in [-0.15, -0.1) is 11.3 Å². The fraction of sp³-hybridized carbons (Fsp3) is 0.133. The van der Waals surface area contributed by atoms with Gasteiger partial charge >= 0.3 is 0 Å². The van der Waals surface area contributed by atoms with E-state index >= 15 is 0 Å². The maximum absolute atomic E-state index is 4.26. The van der Waals surface area contributed by atoms with E-state index in [0.717, 1.165) is 3.79 Å². The molecular formula is C15H13BrN2S. The van der Waals surface area contributed by atoms with Gasteiger partial charge in [-0.05, 0) is 52.1 Å². The van der Waals surface area contributed by atoms with Crippen LogP contribution < -0.4 is 5.32 Å². The molecule has 4 heteroatoms. The minimum Gasteiger partial charge on any atom is -0.309 e. The molecule has 3 aromatic rings. The first-order chi connectivity index (χ1) is 9.29. The highest BCUT2D eigenvalue weighted by molar-refractivity contribution is 9.11. The van der Waals surface area contributed by atoms with Crippen molar-refractivity contribution in [3.05, 3.63) is 63.0 Å². The van der Waals surface area contributed by atoms with Gasteiger partial charge in [0.2, 0.25) is 0 Å². The number of rotatable bonds is 3. The predicted octanol–water partition coefficient (Wildman–Crippen LogP) is 4.37. The molecule has 1 unspecified atom stereocenters. The van der Waals surface area contributed by atoms with E-state index < -0.39 is 0 Å². The van der Waals surface area contributed by atoms with Crippen molar-refractivity contribution in [2.24, 2.45) is 0 Å². The van der Waals surface area contributed by atoms with Crippen LogP contribution in [0, 0.1) is 0 Å². The van der Waals surface area contributed by atoms with E-state index in [1.807, 2.05) is 19.4 Å². The van der Waals surface area contributed by atoms with Crippen molar-refractivity contribution in [2.45, 2.75) is 6.04 Å². The highest BCUT2D eigenvalue weighted by Gasteiger charge is 2.16. The van der Waals surface area contributed by atoms with Gasteiger partial charge in [-0.25, -0.2) is 0 Å². The quantitative estimate of drug-likeness (QED) is 0.770. The summed E-state index contributed by atoms with van der Waals surface area (Å²) in [6.07, 6.45) is 3.78. The second-order valence-electron chi connectivity index (χ2n) is 4.31. The number of nitrogens with zero attached hydrogens (tertiary/aromatic N) is 1. The van der Waals surface area contributed by atoms with Gasteiger partial charge in [0.05, 0.1) is 9.83 Å². The van der Waals surface area contributed by atoms with E-state index in [-0.39, 0.29) is 6.04 Å². The molecule has 1 aromatic carbocycles. The van der Waals surface area contributed by atoms with E-state index in [2.05, 4.69) is 62.6 Å². The molecular weight excluding hydrogens is 320 g/mol. The van der Waals surface area contributed by atoms with Gasteiger partial charge < -0.3 is 5.32 Å². The summed E-state index contributed by atoms with van der Waals surface area (Å²) < 4.78 is 1.15. The fourth-order valence-corrected chi connectivity index (χ4v) is 3.88. The molecule has 0 aliphatic heterocycles. The minimum absolute atomic E-state index is 0.198. The van der Waals surface area contributed by atoms with Crippen LogP contribution in [-0.2, 0) is 0 Å². The Bertz CT molecular complexity index is 703. The van der Waals surface area contributed by atoms with Crippen molar-refractivity contribution >= 4 is 38.0 Å². The first kappa shape index (κ1) is 12.8. The highest BCUT2D eigenvalue weighted by Crippen LogP contribution is 2.33. The van der Waals surface area contributed by atoms with Crippen LogP contribution in [0.2, 0.25) is 0 Å². The van der Waals surface area contributed by atoms with Crippen molar-refractivity contribution < 1.29 is 0 Å². The molecule has 0 fully saturated rings. The molecule has 0 aliphatic rings. The summed E-state index contributed by atoms with van der Waals surface area (Å²) >= 11 is 5.29. The molecule has 2 heterocycles. The first-order valence-corrected chi connectivity index (χ1v) is 7.65. The summed E-state index contributed by atoms with van der Waals surface area (Å²) in [5.74, 6) is 0. The number of hydrogen-bond donors (Lipinski definition) is 1. The molecule has 0 aliphatic carbocycles. The van der Waals surface area contributed by atoms with Crippen LogP contribution in [0.4, 0.5) is 0 Å². The Kier molecular flexibility index (Phi) is 3.64. The SMILES string of the molecule is CNC(c1ccc(Br)s1)c1cccc2ccncc12. The third kappa shape index (κ3) is 2.43. The molecule has 0 saturated carbocycles. The lowest BCUT2D eigenvalue weighted by Gasteiger charge is -2.17. The molecule has 96 valence electrons. The zero-order valence-electron chi connectivity index (χ0n) is 10.4. The van der Waals surface area contributed by atoms with E-state index in [1.54, 1.807) is 11.3 Å². The van der Waals surface area contributed by atoms with E-state index in [9.17, 15) is 0 Å². The third-order valence-corrected chi connectivity index (χ3v) is 4.88. The number of fused-ring (bicyclic) bond motifs is 1. The molecule has 3 rings (SSSR count). The van der Waals surface area contributed by atoms with Gasteiger partial charge in [0.25, 0.3) is 0 Å². The minimum atomic E-state index is 0.198. The first-order valence-electron chi connectivity index (χ1n) is 6.05. The van der Waals surface area contributed by atoms with Crippen LogP contribution in [0.5, 0.6) is 0 Å². The molecule has 0 spiro atoms. The van der Waals surface area contributed by atoms with Crippen molar-refractivity contribution in [2.75, 3.05) is 7.05 Å². The number of hydrogen-bond acceptors (Lipinski definition) is 3. The molecule has 2 aromatic heterocycles. The molecule has 0 saturated heterocycles. The Morgan fingerprint density at radius 3 is 2.84 bits per heavy atom. The van der Waals surface area contributed by atoms with E-state index in [1.165, 1.54) is 21.2 Å². The molecule has 19 heavy (non-hydrogen) atoms. The standard InChI is InChI=1S/C15H13BrN2S/c1-17-15(13-5-6-14(16)19-13)11-4-2-3-10-7-8-18-9-12(10)11/h2-9,15,17H,1H3. The summed E-state index contributed by atoms with van der Waals surface area (Å²) in [7, 11) is 1.99. The largest absolute Gasteiger partial charge is 0.309 e. The van der Waals surface area contributed by atoms with Crippen LogP contribution in [0.15, 0.2) is 52.6 Å². The molecule has 0 radical (unpaired) electrons. The van der Waals surface area contributed by atoms with Crippen molar-refractivity contribution in [3.63, 3.8) is 0 Å². The average Bonchev–Trinajstić information content (AvgIpc) is 2.86. The molecule has 2 nitrogen and oxygen atoms in total. The molecule has 0 bridgehead atoms. The van der Waals surface area contributed by atoms with Crippen LogP contribution in [-0.4, -0.2) is 12.0 Å². The van der Waals surface area contributed by atoms with Crippen LogP contribution in [0.3, 0.4) is 0 Å². The number of nitrogens with one attached hydrogen (secondary N) is 1. The van der Waals surface area contributed by atoms with Crippen LogP contribution in [0.1, 0.15) is 16.5 Å². The Hall–Kier alpha value is -1.23. The Balaban J connectivity index is 2.16.